The Bertz CT molecular complexity index is 907. The van der Waals surface area contributed by atoms with Crippen LogP contribution in [0.25, 0.3) is 11.0 Å². The lowest BCUT2D eigenvalue weighted by atomic mass is 10.3. The third kappa shape index (κ3) is 3.00. The van der Waals surface area contributed by atoms with Crippen molar-refractivity contribution in [2.45, 2.75) is 20.1 Å². The van der Waals surface area contributed by atoms with Gasteiger partial charge in [0.2, 0.25) is 5.89 Å². The number of hydrogen-bond acceptors (Lipinski definition) is 6. The molecule has 0 spiro atoms. The van der Waals surface area contributed by atoms with Crippen LogP contribution in [-0.4, -0.2) is 50.5 Å². The van der Waals surface area contributed by atoms with Crippen molar-refractivity contribution in [1.29, 1.82) is 0 Å². The highest BCUT2D eigenvalue weighted by Gasteiger charge is 2.15. The number of benzene rings is 1. The normalized spacial score (nSPS) is 16.0. The third-order valence-corrected chi connectivity index (χ3v) is 4.52. The Hall–Kier alpha value is -2.03. The zero-order valence-electron chi connectivity index (χ0n) is 13.5. The predicted molar refractivity (Wildman–Crippen MR) is 91.3 cm³/mol. The van der Waals surface area contributed by atoms with Gasteiger partial charge in [-0.2, -0.15) is 0 Å². The van der Waals surface area contributed by atoms with E-state index in [-0.39, 0.29) is 0 Å². The first kappa shape index (κ1) is 15.5. The number of imidazole rings is 1. The third-order valence-electron chi connectivity index (χ3n) is 4.22. The number of para-hydroxylation sites is 2. The molecule has 126 valence electrons. The maximum absolute atomic E-state index is 5.69. The second-order valence-electron chi connectivity index (χ2n) is 5.87. The summed E-state index contributed by atoms with van der Waals surface area (Å²) in [6, 6.07) is 8.05. The number of hydrogen-bond donors (Lipinski definition) is 0. The molecule has 3 heterocycles. The van der Waals surface area contributed by atoms with Crippen LogP contribution in [0.1, 0.15) is 11.7 Å². The highest BCUT2D eigenvalue weighted by Crippen LogP contribution is 2.17. The lowest BCUT2D eigenvalue weighted by Gasteiger charge is -2.25. The SMILES string of the molecule is Cc1nc2ccccc2n1Cc1nn(CN2CCOCC2)c(=S)o1. The van der Waals surface area contributed by atoms with Crippen molar-refractivity contribution < 1.29 is 9.15 Å². The standard InChI is InChI=1S/C16H19N5O2S/c1-12-17-13-4-2-3-5-14(13)20(12)10-15-18-21(16(24)23-15)11-19-6-8-22-9-7-19/h2-5H,6-11H2,1H3. The summed E-state index contributed by atoms with van der Waals surface area (Å²) >= 11 is 5.32. The number of fused-ring (bicyclic) bond motifs is 1. The fraction of sp³-hybridized carbons (Fsp3) is 0.438. The monoisotopic (exact) mass is 345 g/mol. The first-order valence-electron chi connectivity index (χ1n) is 7.99. The summed E-state index contributed by atoms with van der Waals surface area (Å²) in [6.45, 7) is 6.40. The number of ether oxygens (including phenoxy) is 1. The van der Waals surface area contributed by atoms with E-state index in [0.717, 1.165) is 43.2 Å². The smallest absolute Gasteiger partial charge is 0.288 e. The van der Waals surface area contributed by atoms with Gasteiger partial charge in [0.15, 0.2) is 0 Å². The molecule has 0 unspecified atom stereocenters. The molecule has 0 radical (unpaired) electrons. The summed E-state index contributed by atoms with van der Waals surface area (Å²) in [5.41, 5.74) is 2.04. The van der Waals surface area contributed by atoms with Gasteiger partial charge in [-0.25, -0.2) is 9.67 Å². The van der Waals surface area contributed by atoms with Crippen LogP contribution in [0.4, 0.5) is 0 Å². The molecule has 0 bridgehead atoms. The van der Waals surface area contributed by atoms with Gasteiger partial charge in [0, 0.05) is 13.1 Å². The van der Waals surface area contributed by atoms with Gasteiger partial charge in [-0.05, 0) is 31.3 Å². The van der Waals surface area contributed by atoms with Gasteiger partial charge in [0.05, 0.1) is 30.9 Å². The maximum Gasteiger partial charge on any atom is 0.288 e. The second-order valence-corrected chi connectivity index (χ2v) is 6.22. The average molecular weight is 345 g/mol. The van der Waals surface area contributed by atoms with Gasteiger partial charge in [-0.15, -0.1) is 5.10 Å². The van der Waals surface area contributed by atoms with E-state index in [0.29, 0.717) is 23.9 Å². The molecular formula is C16H19N5O2S. The Labute approximate surface area is 144 Å². The summed E-state index contributed by atoms with van der Waals surface area (Å²) in [7, 11) is 0. The minimum Gasteiger partial charge on any atom is -0.412 e. The molecule has 1 aromatic carbocycles. The summed E-state index contributed by atoms with van der Waals surface area (Å²) < 4.78 is 14.9. The Balaban J connectivity index is 1.57. The molecule has 0 atom stereocenters. The van der Waals surface area contributed by atoms with Crippen molar-refractivity contribution >= 4 is 23.3 Å². The molecule has 8 heteroatoms. The van der Waals surface area contributed by atoms with Crippen LogP contribution < -0.4 is 0 Å². The van der Waals surface area contributed by atoms with E-state index in [4.69, 9.17) is 21.4 Å². The van der Waals surface area contributed by atoms with Crippen LogP contribution in [0, 0.1) is 11.8 Å². The van der Waals surface area contributed by atoms with Gasteiger partial charge in [0.25, 0.3) is 4.84 Å². The molecule has 0 N–H and O–H groups in total. The topological polar surface area (TPSA) is 61.2 Å². The van der Waals surface area contributed by atoms with Crippen molar-refractivity contribution in [3.63, 3.8) is 0 Å². The zero-order valence-corrected chi connectivity index (χ0v) is 14.3. The van der Waals surface area contributed by atoms with E-state index < -0.39 is 0 Å². The number of aryl methyl sites for hydroxylation is 1. The first-order chi connectivity index (χ1) is 11.7. The van der Waals surface area contributed by atoms with E-state index >= 15 is 0 Å². The van der Waals surface area contributed by atoms with Crippen molar-refractivity contribution in [3.05, 3.63) is 40.8 Å². The fourth-order valence-electron chi connectivity index (χ4n) is 2.97. The predicted octanol–water partition coefficient (Wildman–Crippen LogP) is 2.20. The average Bonchev–Trinajstić information content (AvgIpc) is 3.09. The Morgan fingerprint density at radius 1 is 1.21 bits per heavy atom. The highest BCUT2D eigenvalue weighted by molar-refractivity contribution is 7.71. The van der Waals surface area contributed by atoms with Crippen LogP contribution in [0.3, 0.4) is 0 Å². The molecule has 0 amide bonds. The molecule has 1 fully saturated rings. The number of morpholine rings is 1. The van der Waals surface area contributed by atoms with Crippen molar-refractivity contribution in [1.82, 2.24) is 24.2 Å². The van der Waals surface area contributed by atoms with Crippen molar-refractivity contribution in [3.8, 4) is 0 Å². The summed E-state index contributed by atoms with van der Waals surface area (Å²) in [6.07, 6.45) is 0. The quantitative estimate of drug-likeness (QED) is 0.676. The van der Waals surface area contributed by atoms with E-state index in [2.05, 4.69) is 25.6 Å². The molecular weight excluding hydrogens is 326 g/mol. The van der Waals surface area contributed by atoms with E-state index in [1.54, 1.807) is 4.68 Å². The summed E-state index contributed by atoms with van der Waals surface area (Å²) in [5.74, 6) is 1.53. The van der Waals surface area contributed by atoms with Crippen LogP contribution >= 0.6 is 12.2 Å². The molecule has 3 aromatic rings. The number of aromatic nitrogens is 4. The molecule has 7 nitrogen and oxygen atoms in total. The van der Waals surface area contributed by atoms with Crippen molar-refractivity contribution in [2.75, 3.05) is 26.3 Å². The van der Waals surface area contributed by atoms with Crippen LogP contribution in [0.15, 0.2) is 28.7 Å². The molecule has 1 aliphatic heterocycles. The lowest BCUT2D eigenvalue weighted by Crippen LogP contribution is -2.37. The molecule has 24 heavy (non-hydrogen) atoms. The molecule has 1 aliphatic rings. The van der Waals surface area contributed by atoms with Gasteiger partial charge in [0.1, 0.15) is 12.4 Å². The van der Waals surface area contributed by atoms with Gasteiger partial charge < -0.3 is 13.7 Å². The Morgan fingerprint density at radius 2 is 2.00 bits per heavy atom. The highest BCUT2D eigenvalue weighted by atomic mass is 32.1. The van der Waals surface area contributed by atoms with Gasteiger partial charge in [-0.3, -0.25) is 4.90 Å². The Morgan fingerprint density at radius 3 is 2.83 bits per heavy atom. The first-order valence-corrected chi connectivity index (χ1v) is 8.40. The van der Waals surface area contributed by atoms with E-state index in [1.165, 1.54) is 0 Å². The zero-order chi connectivity index (χ0) is 16.5. The van der Waals surface area contributed by atoms with Gasteiger partial charge >= 0.3 is 0 Å². The maximum atomic E-state index is 5.69. The minimum atomic E-state index is 0.401. The molecule has 1 saturated heterocycles. The molecule has 4 rings (SSSR count). The van der Waals surface area contributed by atoms with Gasteiger partial charge in [-0.1, -0.05) is 12.1 Å². The van der Waals surface area contributed by atoms with E-state index in [9.17, 15) is 0 Å². The van der Waals surface area contributed by atoms with Crippen LogP contribution in [0.5, 0.6) is 0 Å². The summed E-state index contributed by atoms with van der Waals surface area (Å²) in [5, 5.41) is 4.54. The van der Waals surface area contributed by atoms with Crippen LogP contribution in [-0.2, 0) is 18.0 Å². The fourth-order valence-corrected chi connectivity index (χ4v) is 3.16. The molecule has 0 aliphatic carbocycles. The molecule has 0 saturated carbocycles. The number of rotatable bonds is 4. The Kier molecular flexibility index (Phi) is 4.17. The number of nitrogens with zero attached hydrogens (tertiary/aromatic N) is 5. The molecule has 2 aromatic heterocycles. The van der Waals surface area contributed by atoms with E-state index in [1.807, 2.05) is 25.1 Å². The largest absolute Gasteiger partial charge is 0.412 e. The van der Waals surface area contributed by atoms with Crippen LogP contribution in [0.2, 0.25) is 0 Å². The summed E-state index contributed by atoms with van der Waals surface area (Å²) in [4.78, 5) is 7.23. The lowest BCUT2D eigenvalue weighted by molar-refractivity contribution is 0.0206. The minimum absolute atomic E-state index is 0.401. The van der Waals surface area contributed by atoms with Crippen molar-refractivity contribution in [2.24, 2.45) is 0 Å². The second kappa shape index (κ2) is 6.46.